The number of carbonyl (C=O) groups is 1. The molecule has 1 aromatic carbocycles. The standard InChI is InChI=1S/C9H7FN2O/c1-12-9(13)7-2-6(5-11)3-8(10)4-7/h2-4H,1H3,(H,12,13). The van der Waals surface area contributed by atoms with Gasteiger partial charge in [0.25, 0.3) is 5.91 Å². The summed E-state index contributed by atoms with van der Waals surface area (Å²) in [6.07, 6.45) is 0. The van der Waals surface area contributed by atoms with Gasteiger partial charge in [0.1, 0.15) is 5.82 Å². The van der Waals surface area contributed by atoms with Crippen LogP contribution < -0.4 is 5.32 Å². The van der Waals surface area contributed by atoms with Crippen molar-refractivity contribution < 1.29 is 9.18 Å². The third kappa shape index (κ3) is 2.03. The maximum Gasteiger partial charge on any atom is 0.251 e. The van der Waals surface area contributed by atoms with Crippen LogP contribution in [0.4, 0.5) is 4.39 Å². The van der Waals surface area contributed by atoms with Crippen molar-refractivity contribution in [2.45, 2.75) is 0 Å². The molecule has 0 atom stereocenters. The number of benzene rings is 1. The minimum atomic E-state index is -0.586. The lowest BCUT2D eigenvalue weighted by Crippen LogP contribution is -2.18. The lowest BCUT2D eigenvalue weighted by atomic mass is 10.1. The summed E-state index contributed by atoms with van der Waals surface area (Å²) in [5, 5.41) is 10.8. The zero-order valence-corrected chi connectivity index (χ0v) is 6.97. The van der Waals surface area contributed by atoms with Crippen molar-refractivity contribution in [2.75, 3.05) is 7.05 Å². The van der Waals surface area contributed by atoms with Crippen molar-refractivity contribution >= 4 is 5.91 Å². The van der Waals surface area contributed by atoms with Crippen molar-refractivity contribution in [3.05, 3.63) is 35.1 Å². The highest BCUT2D eigenvalue weighted by molar-refractivity contribution is 5.94. The van der Waals surface area contributed by atoms with Crippen molar-refractivity contribution in [3.63, 3.8) is 0 Å². The van der Waals surface area contributed by atoms with E-state index in [0.717, 1.165) is 12.1 Å². The summed E-state index contributed by atoms with van der Waals surface area (Å²) in [4.78, 5) is 11.0. The maximum absolute atomic E-state index is 12.8. The fourth-order valence-electron chi connectivity index (χ4n) is 0.930. The number of hydrogen-bond donors (Lipinski definition) is 1. The molecule has 4 heteroatoms. The molecule has 1 rings (SSSR count). The Bertz CT molecular complexity index is 382. The van der Waals surface area contributed by atoms with Crippen LogP contribution in [0.15, 0.2) is 18.2 Å². The van der Waals surface area contributed by atoms with Crippen LogP contribution in [0.2, 0.25) is 0 Å². The minimum absolute atomic E-state index is 0.138. The van der Waals surface area contributed by atoms with Gasteiger partial charge < -0.3 is 5.32 Å². The van der Waals surface area contributed by atoms with Gasteiger partial charge in [-0.15, -0.1) is 0 Å². The Kier molecular flexibility index (Phi) is 2.60. The van der Waals surface area contributed by atoms with Gasteiger partial charge >= 0.3 is 0 Å². The van der Waals surface area contributed by atoms with Crippen LogP contribution in [-0.4, -0.2) is 13.0 Å². The molecule has 13 heavy (non-hydrogen) atoms. The lowest BCUT2D eigenvalue weighted by Gasteiger charge is -1.99. The first-order valence-electron chi connectivity index (χ1n) is 3.60. The largest absolute Gasteiger partial charge is 0.355 e. The van der Waals surface area contributed by atoms with E-state index in [2.05, 4.69) is 5.32 Å². The summed E-state index contributed by atoms with van der Waals surface area (Å²) in [5.41, 5.74) is 0.289. The molecule has 1 N–H and O–H groups in total. The number of amides is 1. The highest BCUT2D eigenvalue weighted by Gasteiger charge is 2.06. The SMILES string of the molecule is CNC(=O)c1cc(F)cc(C#N)c1. The van der Waals surface area contributed by atoms with Crippen molar-refractivity contribution in [1.82, 2.24) is 5.32 Å². The highest BCUT2D eigenvalue weighted by Crippen LogP contribution is 2.07. The minimum Gasteiger partial charge on any atom is -0.355 e. The third-order valence-electron chi connectivity index (χ3n) is 1.52. The molecule has 0 radical (unpaired) electrons. The molecule has 0 aliphatic carbocycles. The van der Waals surface area contributed by atoms with Crippen LogP contribution in [0.25, 0.3) is 0 Å². The Labute approximate surface area is 74.8 Å². The number of nitrogens with zero attached hydrogens (tertiary/aromatic N) is 1. The van der Waals surface area contributed by atoms with Gasteiger partial charge in [-0.1, -0.05) is 0 Å². The fourth-order valence-corrected chi connectivity index (χ4v) is 0.930. The molecule has 1 amide bonds. The summed E-state index contributed by atoms with van der Waals surface area (Å²) < 4.78 is 12.8. The van der Waals surface area contributed by atoms with E-state index in [1.807, 2.05) is 0 Å². The van der Waals surface area contributed by atoms with E-state index in [4.69, 9.17) is 5.26 Å². The summed E-state index contributed by atoms with van der Waals surface area (Å²) in [5.74, 6) is -0.992. The van der Waals surface area contributed by atoms with Crippen LogP contribution in [-0.2, 0) is 0 Å². The summed E-state index contributed by atoms with van der Waals surface area (Å²) >= 11 is 0. The maximum atomic E-state index is 12.8. The van der Waals surface area contributed by atoms with Gasteiger partial charge in [-0.05, 0) is 18.2 Å². The second kappa shape index (κ2) is 3.68. The van der Waals surface area contributed by atoms with E-state index in [-0.39, 0.29) is 11.1 Å². The van der Waals surface area contributed by atoms with Gasteiger partial charge in [0.2, 0.25) is 0 Å². The van der Waals surface area contributed by atoms with Gasteiger partial charge in [0, 0.05) is 12.6 Å². The van der Waals surface area contributed by atoms with E-state index >= 15 is 0 Å². The zero-order chi connectivity index (χ0) is 9.84. The van der Waals surface area contributed by atoms with Crippen molar-refractivity contribution in [2.24, 2.45) is 0 Å². The topological polar surface area (TPSA) is 52.9 Å². The molecule has 0 saturated carbocycles. The van der Waals surface area contributed by atoms with Crippen molar-refractivity contribution in [3.8, 4) is 6.07 Å². The second-order valence-corrected chi connectivity index (χ2v) is 2.42. The molecule has 0 spiro atoms. The molecule has 0 aromatic heterocycles. The molecule has 0 aliphatic rings. The summed E-state index contributed by atoms with van der Waals surface area (Å²) in [6.45, 7) is 0. The van der Waals surface area contributed by atoms with Gasteiger partial charge in [0.15, 0.2) is 0 Å². The number of halogens is 1. The summed E-state index contributed by atoms with van der Waals surface area (Å²) in [6, 6.07) is 5.26. The predicted molar refractivity (Wildman–Crippen MR) is 44.5 cm³/mol. The van der Waals surface area contributed by atoms with Crippen LogP contribution in [0.1, 0.15) is 15.9 Å². The first-order chi connectivity index (χ1) is 6.17. The normalized spacial score (nSPS) is 9.00. The highest BCUT2D eigenvalue weighted by atomic mass is 19.1. The van der Waals surface area contributed by atoms with Crippen LogP contribution in [0.3, 0.4) is 0 Å². The molecular formula is C9H7FN2O. The molecule has 0 aliphatic heterocycles. The Morgan fingerprint density at radius 3 is 2.77 bits per heavy atom. The Morgan fingerprint density at radius 2 is 2.23 bits per heavy atom. The van der Waals surface area contributed by atoms with Gasteiger partial charge in [-0.2, -0.15) is 5.26 Å². The van der Waals surface area contributed by atoms with E-state index in [1.54, 1.807) is 6.07 Å². The van der Waals surface area contributed by atoms with E-state index < -0.39 is 11.7 Å². The van der Waals surface area contributed by atoms with Crippen LogP contribution in [0.5, 0.6) is 0 Å². The fraction of sp³-hybridized carbons (Fsp3) is 0.111. The number of nitrogens with one attached hydrogen (secondary N) is 1. The molecule has 1 aromatic rings. The third-order valence-corrected chi connectivity index (χ3v) is 1.52. The Morgan fingerprint density at radius 1 is 1.54 bits per heavy atom. The second-order valence-electron chi connectivity index (χ2n) is 2.42. The Hall–Kier alpha value is -1.89. The van der Waals surface area contributed by atoms with Gasteiger partial charge in [-0.25, -0.2) is 4.39 Å². The molecule has 0 unspecified atom stereocenters. The van der Waals surface area contributed by atoms with E-state index in [9.17, 15) is 9.18 Å². The quantitative estimate of drug-likeness (QED) is 0.699. The smallest absolute Gasteiger partial charge is 0.251 e. The average Bonchev–Trinajstić information content (AvgIpc) is 2.15. The van der Waals surface area contributed by atoms with E-state index in [0.29, 0.717) is 0 Å². The molecule has 0 bridgehead atoms. The lowest BCUT2D eigenvalue weighted by molar-refractivity contribution is 0.0962. The monoisotopic (exact) mass is 178 g/mol. The predicted octanol–water partition coefficient (Wildman–Crippen LogP) is 1.06. The number of nitriles is 1. The van der Waals surface area contributed by atoms with Crippen molar-refractivity contribution in [1.29, 1.82) is 5.26 Å². The number of rotatable bonds is 1. The van der Waals surface area contributed by atoms with E-state index in [1.165, 1.54) is 13.1 Å². The van der Waals surface area contributed by atoms with Gasteiger partial charge in [0.05, 0.1) is 11.6 Å². The number of hydrogen-bond acceptors (Lipinski definition) is 2. The zero-order valence-electron chi connectivity index (χ0n) is 6.97. The average molecular weight is 178 g/mol. The molecule has 0 saturated heterocycles. The van der Waals surface area contributed by atoms with Crippen LogP contribution >= 0.6 is 0 Å². The first kappa shape index (κ1) is 9.20. The molecule has 0 fully saturated rings. The van der Waals surface area contributed by atoms with Crippen LogP contribution in [0, 0.1) is 17.1 Å². The number of carbonyl (C=O) groups excluding carboxylic acids is 1. The Balaban J connectivity index is 3.17. The first-order valence-corrected chi connectivity index (χ1v) is 3.60. The molecule has 3 nitrogen and oxygen atoms in total. The summed E-state index contributed by atoms with van der Waals surface area (Å²) in [7, 11) is 1.44. The van der Waals surface area contributed by atoms with Gasteiger partial charge in [-0.3, -0.25) is 4.79 Å². The molecule has 66 valence electrons. The molecular weight excluding hydrogens is 171 g/mol. The molecule has 0 heterocycles.